The molecule has 2 heterocycles. The average molecular weight is 283 g/mol. The van der Waals surface area contributed by atoms with E-state index < -0.39 is 0 Å². The first-order valence-corrected chi connectivity index (χ1v) is 7.10. The van der Waals surface area contributed by atoms with Gasteiger partial charge in [-0.1, -0.05) is 0 Å². The number of hydrogen-bond donors (Lipinski definition) is 1. The van der Waals surface area contributed by atoms with Crippen molar-refractivity contribution < 1.29 is 14.3 Å². The van der Waals surface area contributed by atoms with Gasteiger partial charge in [0.1, 0.15) is 12.3 Å². The van der Waals surface area contributed by atoms with Crippen molar-refractivity contribution in [2.45, 2.75) is 18.9 Å². The number of nitrogens with zero attached hydrogens (tertiary/aromatic N) is 2. The number of rotatable bonds is 4. The lowest BCUT2D eigenvalue weighted by atomic mass is 10.0. The maximum Gasteiger partial charge on any atom is 0.270 e. The lowest BCUT2D eigenvalue weighted by Crippen LogP contribution is -2.47. The molecule has 0 radical (unpaired) electrons. The van der Waals surface area contributed by atoms with Crippen LogP contribution in [0.4, 0.5) is 0 Å². The summed E-state index contributed by atoms with van der Waals surface area (Å²) in [4.78, 5) is 29.2. The van der Waals surface area contributed by atoms with E-state index in [1.165, 1.54) is 18.4 Å². The van der Waals surface area contributed by atoms with Gasteiger partial charge in [0.05, 0.1) is 5.51 Å². The van der Waals surface area contributed by atoms with Gasteiger partial charge in [-0.25, -0.2) is 4.98 Å². The zero-order chi connectivity index (χ0) is 13.7. The minimum atomic E-state index is -0.136. The van der Waals surface area contributed by atoms with E-state index in [4.69, 9.17) is 4.74 Å². The lowest BCUT2D eigenvalue weighted by Gasteiger charge is -2.32. The van der Waals surface area contributed by atoms with Crippen molar-refractivity contribution >= 4 is 23.2 Å². The molecule has 0 unspecified atom stereocenters. The topological polar surface area (TPSA) is 71.5 Å². The van der Waals surface area contributed by atoms with Gasteiger partial charge in [0.15, 0.2) is 0 Å². The monoisotopic (exact) mass is 283 g/mol. The molecule has 1 saturated heterocycles. The molecule has 6 nitrogen and oxygen atoms in total. The van der Waals surface area contributed by atoms with Crippen LogP contribution in [0.2, 0.25) is 0 Å². The molecule has 0 spiro atoms. The average Bonchev–Trinajstić information content (AvgIpc) is 2.94. The minimum absolute atomic E-state index is 0.00628. The quantitative estimate of drug-likeness (QED) is 0.874. The standard InChI is InChI=1S/C12H17N3O3S/c1-18-6-11(16)15-4-2-9(3-5-15)14-12(17)10-7-19-8-13-10/h7-9H,2-6H2,1H3,(H,14,17). The largest absolute Gasteiger partial charge is 0.375 e. The number of amides is 2. The Morgan fingerprint density at radius 2 is 2.26 bits per heavy atom. The number of thiazole rings is 1. The van der Waals surface area contributed by atoms with Crippen LogP contribution < -0.4 is 5.32 Å². The number of ether oxygens (including phenoxy) is 1. The molecule has 1 aliphatic rings. The number of carbonyl (C=O) groups is 2. The van der Waals surface area contributed by atoms with E-state index in [0.29, 0.717) is 18.8 Å². The molecular formula is C12H17N3O3S. The number of carbonyl (C=O) groups excluding carboxylic acids is 2. The van der Waals surface area contributed by atoms with Crippen LogP contribution in [-0.4, -0.2) is 54.5 Å². The third-order valence-electron chi connectivity index (χ3n) is 3.12. The van der Waals surface area contributed by atoms with Crippen molar-refractivity contribution in [1.82, 2.24) is 15.2 Å². The van der Waals surface area contributed by atoms with Crippen molar-refractivity contribution in [2.75, 3.05) is 26.8 Å². The van der Waals surface area contributed by atoms with Crippen molar-refractivity contribution in [3.63, 3.8) is 0 Å². The molecule has 1 N–H and O–H groups in total. The number of nitrogens with one attached hydrogen (secondary N) is 1. The van der Waals surface area contributed by atoms with Crippen LogP contribution in [0.25, 0.3) is 0 Å². The predicted molar refractivity (Wildman–Crippen MR) is 71.1 cm³/mol. The lowest BCUT2D eigenvalue weighted by molar-refractivity contribution is -0.136. The second kappa shape index (κ2) is 6.63. The maximum atomic E-state index is 11.8. The SMILES string of the molecule is COCC(=O)N1CCC(NC(=O)c2cscn2)CC1. The van der Waals surface area contributed by atoms with Gasteiger partial charge in [-0.3, -0.25) is 9.59 Å². The Bertz CT molecular complexity index is 427. The fourth-order valence-electron chi connectivity index (χ4n) is 2.07. The van der Waals surface area contributed by atoms with Crippen LogP contribution in [0, 0.1) is 0 Å². The summed E-state index contributed by atoms with van der Waals surface area (Å²) in [6.07, 6.45) is 1.54. The molecule has 0 aliphatic carbocycles. The van der Waals surface area contributed by atoms with Crippen LogP contribution in [0.1, 0.15) is 23.3 Å². The third kappa shape index (κ3) is 3.74. The molecule has 19 heavy (non-hydrogen) atoms. The van der Waals surface area contributed by atoms with E-state index in [0.717, 1.165) is 12.8 Å². The molecule has 1 fully saturated rings. The van der Waals surface area contributed by atoms with E-state index in [1.807, 2.05) is 0 Å². The third-order valence-corrected chi connectivity index (χ3v) is 3.70. The van der Waals surface area contributed by atoms with Crippen molar-refractivity contribution in [1.29, 1.82) is 0 Å². The van der Waals surface area contributed by atoms with Crippen LogP contribution in [0.3, 0.4) is 0 Å². The van der Waals surface area contributed by atoms with Gasteiger partial charge in [0.25, 0.3) is 5.91 Å². The van der Waals surface area contributed by atoms with E-state index in [2.05, 4.69) is 10.3 Å². The Morgan fingerprint density at radius 3 is 2.84 bits per heavy atom. The highest BCUT2D eigenvalue weighted by Crippen LogP contribution is 2.11. The van der Waals surface area contributed by atoms with E-state index in [9.17, 15) is 9.59 Å². The smallest absolute Gasteiger partial charge is 0.270 e. The highest BCUT2D eigenvalue weighted by atomic mass is 32.1. The fourth-order valence-corrected chi connectivity index (χ4v) is 2.60. The summed E-state index contributed by atoms with van der Waals surface area (Å²) in [6, 6.07) is 0.112. The molecule has 2 amide bonds. The van der Waals surface area contributed by atoms with E-state index in [1.54, 1.807) is 15.8 Å². The Kier molecular flexibility index (Phi) is 4.86. The van der Waals surface area contributed by atoms with Crippen molar-refractivity contribution in [3.05, 3.63) is 16.6 Å². The molecule has 7 heteroatoms. The highest BCUT2D eigenvalue weighted by molar-refractivity contribution is 7.07. The second-order valence-corrected chi connectivity index (χ2v) is 5.15. The van der Waals surface area contributed by atoms with Crippen LogP contribution >= 0.6 is 11.3 Å². The summed E-state index contributed by atoms with van der Waals surface area (Å²) in [5, 5.41) is 4.68. The molecule has 0 aromatic carbocycles. The summed E-state index contributed by atoms with van der Waals surface area (Å²) < 4.78 is 4.83. The molecular weight excluding hydrogens is 266 g/mol. The second-order valence-electron chi connectivity index (χ2n) is 4.44. The number of aromatic nitrogens is 1. The summed E-state index contributed by atoms with van der Waals surface area (Å²) in [7, 11) is 1.51. The minimum Gasteiger partial charge on any atom is -0.375 e. The number of methoxy groups -OCH3 is 1. The molecule has 1 aromatic heterocycles. The molecule has 0 atom stereocenters. The van der Waals surface area contributed by atoms with Crippen molar-refractivity contribution in [3.8, 4) is 0 Å². The summed E-state index contributed by atoms with van der Waals surface area (Å²) in [6.45, 7) is 1.43. The maximum absolute atomic E-state index is 11.8. The first-order valence-electron chi connectivity index (χ1n) is 6.16. The Hall–Kier alpha value is -1.47. The van der Waals surface area contributed by atoms with Gasteiger partial charge in [0.2, 0.25) is 5.91 Å². The van der Waals surface area contributed by atoms with Gasteiger partial charge < -0.3 is 15.0 Å². The van der Waals surface area contributed by atoms with Gasteiger partial charge in [-0.05, 0) is 12.8 Å². The fraction of sp³-hybridized carbons (Fsp3) is 0.583. The zero-order valence-electron chi connectivity index (χ0n) is 10.8. The Labute approximate surface area is 115 Å². The normalized spacial score (nSPS) is 16.4. The van der Waals surface area contributed by atoms with Crippen LogP contribution in [0.5, 0.6) is 0 Å². The molecule has 0 saturated carbocycles. The summed E-state index contributed by atoms with van der Waals surface area (Å²) >= 11 is 1.40. The first kappa shape index (κ1) is 14.0. The summed E-state index contributed by atoms with van der Waals surface area (Å²) in [5.41, 5.74) is 2.10. The highest BCUT2D eigenvalue weighted by Gasteiger charge is 2.24. The molecule has 1 aliphatic heterocycles. The van der Waals surface area contributed by atoms with Gasteiger partial charge in [-0.15, -0.1) is 11.3 Å². The van der Waals surface area contributed by atoms with Gasteiger partial charge in [0, 0.05) is 31.6 Å². The number of hydrogen-bond acceptors (Lipinski definition) is 5. The zero-order valence-corrected chi connectivity index (χ0v) is 11.6. The molecule has 104 valence electrons. The molecule has 1 aromatic rings. The van der Waals surface area contributed by atoms with Crippen LogP contribution in [0.15, 0.2) is 10.9 Å². The predicted octanol–water partition coefficient (Wildman–Crippen LogP) is 0.510. The van der Waals surface area contributed by atoms with Gasteiger partial charge in [-0.2, -0.15) is 0 Å². The van der Waals surface area contributed by atoms with Gasteiger partial charge >= 0.3 is 0 Å². The van der Waals surface area contributed by atoms with Crippen LogP contribution in [-0.2, 0) is 9.53 Å². The molecule has 2 rings (SSSR count). The number of likely N-dealkylation sites (tertiary alicyclic amines) is 1. The number of piperidine rings is 1. The van der Waals surface area contributed by atoms with E-state index >= 15 is 0 Å². The Balaban J connectivity index is 1.77. The molecule has 0 bridgehead atoms. The summed E-state index contributed by atoms with van der Waals surface area (Å²) in [5.74, 6) is -0.130. The first-order chi connectivity index (χ1) is 9.20. The van der Waals surface area contributed by atoms with E-state index in [-0.39, 0.29) is 24.5 Å². The van der Waals surface area contributed by atoms with Crippen molar-refractivity contribution in [2.24, 2.45) is 0 Å². The Morgan fingerprint density at radius 1 is 1.53 bits per heavy atom.